The summed E-state index contributed by atoms with van der Waals surface area (Å²) in [5.74, 6) is 0.0364. The third kappa shape index (κ3) is 6.23. The van der Waals surface area contributed by atoms with Gasteiger partial charge < -0.3 is 4.43 Å². The molecule has 0 rings (SSSR count). The van der Waals surface area contributed by atoms with Gasteiger partial charge in [-0.1, -0.05) is 50.3 Å². The topological polar surface area (TPSA) is 26.3 Å². The Hall–Kier alpha value is 0.417. The second kappa shape index (κ2) is 8.50. The van der Waals surface area contributed by atoms with Gasteiger partial charge in [-0.05, 0) is 31.0 Å². The molecule has 0 fully saturated rings. The molecule has 16 heavy (non-hydrogen) atoms. The molecular formula is C12H25IO2Si. The van der Waals surface area contributed by atoms with Crippen molar-refractivity contribution < 1.29 is 9.22 Å². The fourth-order valence-electron chi connectivity index (χ4n) is 1.79. The van der Waals surface area contributed by atoms with E-state index in [9.17, 15) is 4.79 Å². The number of hydrogen-bond donors (Lipinski definition) is 0. The van der Waals surface area contributed by atoms with Crippen LogP contribution in [0.5, 0.6) is 0 Å². The fourth-order valence-corrected chi connectivity index (χ4v) is 4.75. The third-order valence-corrected chi connectivity index (χ3v) is 8.40. The predicted octanol–water partition coefficient (Wildman–Crippen LogP) is 4.53. The molecule has 0 aromatic heterocycles. The van der Waals surface area contributed by atoms with Crippen LogP contribution in [0.4, 0.5) is 0 Å². The highest BCUT2D eigenvalue weighted by atomic mass is 127. The maximum atomic E-state index is 11.7. The molecule has 96 valence electrons. The summed E-state index contributed by atoms with van der Waals surface area (Å²) < 4.78 is 6.41. The smallest absolute Gasteiger partial charge is 0.292 e. The van der Waals surface area contributed by atoms with Crippen molar-refractivity contribution in [3.63, 3.8) is 0 Å². The van der Waals surface area contributed by atoms with E-state index in [1.807, 2.05) is 0 Å². The van der Waals surface area contributed by atoms with E-state index in [0.29, 0.717) is 10.3 Å². The van der Waals surface area contributed by atoms with Crippen molar-refractivity contribution in [1.29, 1.82) is 0 Å². The number of halogens is 1. The summed E-state index contributed by atoms with van der Waals surface area (Å²) in [7, 11) is -1.71. The van der Waals surface area contributed by atoms with E-state index in [2.05, 4.69) is 50.3 Å². The van der Waals surface area contributed by atoms with Crippen molar-refractivity contribution in [1.82, 2.24) is 0 Å². The Balaban J connectivity index is 4.01. The number of carbonyl (C=O) groups excluding carboxylic acids is 1. The maximum Gasteiger partial charge on any atom is 0.292 e. The zero-order valence-corrected chi connectivity index (χ0v) is 14.2. The zero-order chi connectivity index (χ0) is 12.6. The highest BCUT2D eigenvalue weighted by Gasteiger charge is 2.32. The van der Waals surface area contributed by atoms with Gasteiger partial charge in [-0.15, -0.1) is 0 Å². The molecule has 0 spiro atoms. The number of hydrogen-bond acceptors (Lipinski definition) is 2. The minimum atomic E-state index is -1.71. The Morgan fingerprint density at radius 3 is 2.12 bits per heavy atom. The molecule has 2 nitrogen and oxygen atoms in total. The summed E-state index contributed by atoms with van der Waals surface area (Å²) >= 11 is 2.40. The van der Waals surface area contributed by atoms with Crippen molar-refractivity contribution in [2.24, 2.45) is 0 Å². The molecule has 0 saturated carbocycles. The lowest BCUT2D eigenvalue weighted by Crippen LogP contribution is -2.38. The van der Waals surface area contributed by atoms with Crippen molar-refractivity contribution in [3.05, 3.63) is 0 Å². The molecule has 0 saturated heterocycles. The van der Waals surface area contributed by atoms with E-state index in [1.54, 1.807) is 0 Å². The molecule has 0 aromatic carbocycles. The minimum absolute atomic E-state index is 0.0364. The summed E-state index contributed by atoms with van der Waals surface area (Å²) in [4.78, 5) is 11.7. The van der Waals surface area contributed by atoms with Gasteiger partial charge in [0.2, 0.25) is 0 Å². The number of alkyl halides is 1. The molecule has 0 bridgehead atoms. The molecule has 4 heteroatoms. The standard InChI is InChI=1S/C12H25IO2Si/c1-5-16(6-2,7-3)15-12(14)10-8-9-11(4)13/h11H,5-10H2,1-4H3. The lowest BCUT2D eigenvalue weighted by atomic mass is 10.2. The van der Waals surface area contributed by atoms with Crippen molar-refractivity contribution >= 4 is 36.9 Å². The highest BCUT2D eigenvalue weighted by molar-refractivity contribution is 14.1. The molecule has 0 aliphatic heterocycles. The van der Waals surface area contributed by atoms with Crippen molar-refractivity contribution in [2.45, 2.75) is 69.0 Å². The monoisotopic (exact) mass is 356 g/mol. The van der Waals surface area contributed by atoms with Crippen LogP contribution in [0, 0.1) is 0 Å². The summed E-state index contributed by atoms with van der Waals surface area (Å²) in [6.45, 7) is 8.63. The Bertz CT molecular complexity index is 195. The quantitative estimate of drug-likeness (QED) is 0.363. The van der Waals surface area contributed by atoms with Gasteiger partial charge in [-0.25, -0.2) is 0 Å². The van der Waals surface area contributed by atoms with Crippen molar-refractivity contribution in [2.75, 3.05) is 0 Å². The van der Waals surface area contributed by atoms with Crippen LogP contribution in [-0.4, -0.2) is 18.2 Å². The normalized spacial score (nSPS) is 13.6. The van der Waals surface area contributed by atoms with Gasteiger partial charge in [0.15, 0.2) is 0 Å². The first-order valence-corrected chi connectivity index (χ1v) is 10.1. The average molecular weight is 356 g/mol. The van der Waals surface area contributed by atoms with Crippen molar-refractivity contribution in [3.8, 4) is 0 Å². The summed E-state index contributed by atoms with van der Waals surface area (Å²) in [6.07, 6.45) is 2.67. The van der Waals surface area contributed by atoms with Gasteiger partial charge in [-0.3, -0.25) is 4.79 Å². The fraction of sp³-hybridized carbons (Fsp3) is 0.917. The molecule has 0 heterocycles. The van der Waals surface area contributed by atoms with Gasteiger partial charge >= 0.3 is 0 Å². The second-order valence-corrected chi connectivity index (χ2v) is 11.2. The van der Waals surface area contributed by atoms with E-state index < -0.39 is 8.32 Å². The number of carbonyl (C=O) groups is 1. The second-order valence-electron chi connectivity index (χ2n) is 4.39. The Labute approximate surface area is 115 Å². The molecule has 0 N–H and O–H groups in total. The first-order valence-electron chi connectivity index (χ1n) is 6.35. The average Bonchev–Trinajstić information content (AvgIpc) is 2.25. The van der Waals surface area contributed by atoms with Crippen LogP contribution in [0.15, 0.2) is 0 Å². The molecule has 0 amide bonds. The van der Waals surface area contributed by atoms with Gasteiger partial charge in [0, 0.05) is 10.3 Å². The summed E-state index contributed by atoms with van der Waals surface area (Å²) in [5.41, 5.74) is 0. The van der Waals surface area contributed by atoms with Crippen LogP contribution in [0.3, 0.4) is 0 Å². The van der Waals surface area contributed by atoms with Gasteiger partial charge in [0.25, 0.3) is 14.3 Å². The third-order valence-electron chi connectivity index (χ3n) is 3.25. The zero-order valence-electron chi connectivity index (χ0n) is 11.0. The Morgan fingerprint density at radius 1 is 1.25 bits per heavy atom. The first kappa shape index (κ1) is 16.4. The maximum absolute atomic E-state index is 11.7. The lowest BCUT2D eigenvalue weighted by Gasteiger charge is -2.27. The molecule has 0 aliphatic rings. The van der Waals surface area contributed by atoms with Gasteiger partial charge in [-0.2, -0.15) is 0 Å². The molecule has 0 radical (unpaired) electrons. The SMILES string of the molecule is CC[Si](CC)(CC)OC(=O)CCCC(C)I. The van der Waals surface area contributed by atoms with Gasteiger partial charge in [0.1, 0.15) is 0 Å². The largest absolute Gasteiger partial charge is 0.519 e. The minimum Gasteiger partial charge on any atom is -0.519 e. The van der Waals surface area contributed by atoms with Crippen LogP contribution >= 0.6 is 22.6 Å². The highest BCUT2D eigenvalue weighted by Crippen LogP contribution is 2.22. The van der Waals surface area contributed by atoms with E-state index in [1.165, 1.54) is 0 Å². The van der Waals surface area contributed by atoms with E-state index >= 15 is 0 Å². The van der Waals surface area contributed by atoms with E-state index in [0.717, 1.165) is 31.0 Å². The molecule has 1 unspecified atom stereocenters. The molecular weight excluding hydrogens is 331 g/mol. The lowest BCUT2D eigenvalue weighted by molar-refractivity contribution is -0.135. The van der Waals surface area contributed by atoms with Crippen LogP contribution in [0.1, 0.15) is 47.0 Å². The van der Waals surface area contributed by atoms with Gasteiger partial charge in [0.05, 0.1) is 0 Å². The molecule has 1 atom stereocenters. The van der Waals surface area contributed by atoms with Crippen LogP contribution in [-0.2, 0) is 9.22 Å². The summed E-state index contributed by atoms with van der Waals surface area (Å²) in [6, 6.07) is 3.15. The number of rotatable bonds is 8. The molecule has 0 aliphatic carbocycles. The molecule has 0 aromatic rings. The summed E-state index contributed by atoms with van der Waals surface area (Å²) in [5, 5.41) is 0. The first-order chi connectivity index (χ1) is 7.49. The Kier molecular flexibility index (Phi) is 8.72. The van der Waals surface area contributed by atoms with Crippen LogP contribution in [0.25, 0.3) is 0 Å². The predicted molar refractivity (Wildman–Crippen MR) is 80.6 cm³/mol. The van der Waals surface area contributed by atoms with E-state index in [4.69, 9.17) is 4.43 Å². The van der Waals surface area contributed by atoms with E-state index in [-0.39, 0.29) is 5.97 Å². The van der Waals surface area contributed by atoms with Crippen LogP contribution < -0.4 is 0 Å². The van der Waals surface area contributed by atoms with Crippen LogP contribution in [0.2, 0.25) is 18.1 Å². The Morgan fingerprint density at radius 2 is 1.75 bits per heavy atom.